The minimum atomic E-state index is 0.132. The van der Waals surface area contributed by atoms with Gasteiger partial charge in [0, 0.05) is 44.3 Å². The summed E-state index contributed by atoms with van der Waals surface area (Å²) in [6, 6.07) is 9.98. The number of carbonyl (C=O) groups is 1. The second kappa shape index (κ2) is 7.96. The van der Waals surface area contributed by atoms with Crippen molar-refractivity contribution in [1.82, 2.24) is 14.9 Å². The van der Waals surface area contributed by atoms with Crippen molar-refractivity contribution < 1.29 is 4.79 Å². The molecule has 6 heteroatoms. The van der Waals surface area contributed by atoms with Crippen LogP contribution in [0.3, 0.4) is 0 Å². The Hall–Kier alpha value is -2.63. The van der Waals surface area contributed by atoms with E-state index in [-0.39, 0.29) is 5.91 Å². The summed E-state index contributed by atoms with van der Waals surface area (Å²) in [4.78, 5) is 25.1. The Balaban J connectivity index is 1.52. The predicted octanol–water partition coefficient (Wildman–Crippen LogP) is 2.36. The van der Waals surface area contributed by atoms with E-state index < -0.39 is 0 Å². The molecular formula is C19H25N5O. The number of amides is 1. The molecule has 1 aliphatic rings. The molecule has 1 aromatic heterocycles. The summed E-state index contributed by atoms with van der Waals surface area (Å²) in [5.74, 6) is 1.29. The molecule has 1 amide bonds. The van der Waals surface area contributed by atoms with Crippen molar-refractivity contribution in [3.05, 3.63) is 48.3 Å². The molecule has 3 rings (SSSR count). The van der Waals surface area contributed by atoms with Crippen LogP contribution in [0.15, 0.2) is 42.7 Å². The highest BCUT2D eigenvalue weighted by Crippen LogP contribution is 2.23. The molecule has 0 atom stereocenters. The number of para-hydroxylation sites is 1. The quantitative estimate of drug-likeness (QED) is 0.906. The Bertz CT molecular complexity index is 696. The maximum absolute atomic E-state index is 12.5. The van der Waals surface area contributed by atoms with E-state index in [9.17, 15) is 4.79 Å². The molecule has 132 valence electrons. The number of piperazine rings is 1. The molecule has 0 spiro atoms. The molecule has 0 saturated carbocycles. The van der Waals surface area contributed by atoms with Crippen LogP contribution in [-0.4, -0.2) is 53.5 Å². The second-order valence-corrected chi connectivity index (χ2v) is 6.51. The van der Waals surface area contributed by atoms with Gasteiger partial charge in [0.1, 0.15) is 0 Å². The van der Waals surface area contributed by atoms with Crippen molar-refractivity contribution in [1.29, 1.82) is 0 Å². The predicted molar refractivity (Wildman–Crippen MR) is 99.8 cm³/mol. The average Bonchev–Trinajstić information content (AvgIpc) is 2.67. The number of rotatable bonds is 5. The topological polar surface area (TPSA) is 61.4 Å². The van der Waals surface area contributed by atoms with E-state index in [1.54, 1.807) is 12.4 Å². The first kappa shape index (κ1) is 17.2. The highest BCUT2D eigenvalue weighted by atomic mass is 16.2. The van der Waals surface area contributed by atoms with Crippen LogP contribution in [0, 0.1) is 0 Å². The van der Waals surface area contributed by atoms with Gasteiger partial charge in [-0.1, -0.05) is 32.0 Å². The standard InChI is InChI=1S/C19H25N5O/c1-15(2)16-6-3-4-7-17(16)22-14-18(25)23-10-12-24(13-11-23)19-20-8-5-9-21-19/h3-9,15,22H,10-14H2,1-2H3. The van der Waals surface area contributed by atoms with Crippen LogP contribution in [0.1, 0.15) is 25.3 Å². The van der Waals surface area contributed by atoms with Gasteiger partial charge in [-0.15, -0.1) is 0 Å². The van der Waals surface area contributed by atoms with Crippen molar-refractivity contribution in [3.63, 3.8) is 0 Å². The van der Waals surface area contributed by atoms with E-state index in [4.69, 9.17) is 0 Å². The van der Waals surface area contributed by atoms with Gasteiger partial charge in [0.05, 0.1) is 6.54 Å². The molecule has 1 aliphatic heterocycles. The monoisotopic (exact) mass is 339 g/mol. The fourth-order valence-electron chi connectivity index (χ4n) is 3.05. The maximum atomic E-state index is 12.5. The van der Waals surface area contributed by atoms with Crippen LogP contribution in [0.5, 0.6) is 0 Å². The lowest BCUT2D eigenvalue weighted by molar-refractivity contribution is -0.129. The number of nitrogens with one attached hydrogen (secondary N) is 1. The molecule has 0 unspecified atom stereocenters. The lowest BCUT2D eigenvalue weighted by Gasteiger charge is -2.34. The molecule has 0 bridgehead atoms. The second-order valence-electron chi connectivity index (χ2n) is 6.51. The maximum Gasteiger partial charge on any atom is 0.241 e. The molecular weight excluding hydrogens is 314 g/mol. The van der Waals surface area contributed by atoms with Crippen molar-refractivity contribution in [2.24, 2.45) is 0 Å². The molecule has 1 N–H and O–H groups in total. The van der Waals surface area contributed by atoms with Gasteiger partial charge < -0.3 is 15.1 Å². The zero-order valence-corrected chi connectivity index (χ0v) is 14.9. The van der Waals surface area contributed by atoms with Crippen molar-refractivity contribution in [3.8, 4) is 0 Å². The van der Waals surface area contributed by atoms with Crippen molar-refractivity contribution in [2.75, 3.05) is 42.9 Å². The number of hydrogen-bond donors (Lipinski definition) is 1. The van der Waals surface area contributed by atoms with E-state index in [0.717, 1.165) is 24.7 Å². The Labute approximate surface area is 148 Å². The van der Waals surface area contributed by atoms with E-state index in [2.05, 4.69) is 40.1 Å². The molecule has 0 radical (unpaired) electrons. The fourth-order valence-corrected chi connectivity index (χ4v) is 3.05. The highest BCUT2D eigenvalue weighted by molar-refractivity contribution is 5.81. The molecule has 0 aliphatic carbocycles. The normalized spacial score (nSPS) is 14.7. The molecule has 1 fully saturated rings. The number of nitrogens with zero attached hydrogens (tertiary/aromatic N) is 4. The summed E-state index contributed by atoms with van der Waals surface area (Å²) in [6.07, 6.45) is 3.49. The zero-order chi connectivity index (χ0) is 17.6. The van der Waals surface area contributed by atoms with Crippen LogP contribution in [-0.2, 0) is 4.79 Å². The first-order valence-electron chi connectivity index (χ1n) is 8.77. The molecule has 25 heavy (non-hydrogen) atoms. The Morgan fingerprint density at radius 2 is 1.76 bits per heavy atom. The minimum absolute atomic E-state index is 0.132. The summed E-state index contributed by atoms with van der Waals surface area (Å²) in [5.41, 5.74) is 2.28. The van der Waals surface area contributed by atoms with E-state index in [0.29, 0.717) is 25.6 Å². The molecule has 1 aromatic carbocycles. The summed E-state index contributed by atoms with van der Waals surface area (Å²) in [6.45, 7) is 7.57. The third-order valence-electron chi connectivity index (χ3n) is 4.48. The summed E-state index contributed by atoms with van der Waals surface area (Å²) in [7, 11) is 0. The van der Waals surface area contributed by atoms with Crippen LogP contribution < -0.4 is 10.2 Å². The SMILES string of the molecule is CC(C)c1ccccc1NCC(=O)N1CCN(c2ncccn2)CC1. The zero-order valence-electron chi connectivity index (χ0n) is 14.9. The number of aromatic nitrogens is 2. The smallest absolute Gasteiger partial charge is 0.241 e. The lowest BCUT2D eigenvalue weighted by Crippen LogP contribution is -2.50. The molecule has 2 heterocycles. The number of hydrogen-bond acceptors (Lipinski definition) is 5. The van der Waals surface area contributed by atoms with Gasteiger partial charge in [0.15, 0.2) is 0 Å². The fraction of sp³-hybridized carbons (Fsp3) is 0.421. The Kier molecular flexibility index (Phi) is 5.48. The Morgan fingerprint density at radius 1 is 1.08 bits per heavy atom. The van der Waals surface area contributed by atoms with Gasteiger partial charge in [-0.3, -0.25) is 4.79 Å². The van der Waals surface area contributed by atoms with E-state index in [1.165, 1.54) is 5.56 Å². The van der Waals surface area contributed by atoms with Crippen LogP contribution in [0.4, 0.5) is 11.6 Å². The van der Waals surface area contributed by atoms with Gasteiger partial charge in [-0.25, -0.2) is 9.97 Å². The van der Waals surface area contributed by atoms with Gasteiger partial charge in [0.25, 0.3) is 0 Å². The third kappa shape index (κ3) is 4.26. The number of benzene rings is 1. The summed E-state index contributed by atoms with van der Waals surface area (Å²) in [5, 5.41) is 3.31. The van der Waals surface area contributed by atoms with Crippen LogP contribution >= 0.6 is 0 Å². The summed E-state index contributed by atoms with van der Waals surface area (Å²) >= 11 is 0. The van der Waals surface area contributed by atoms with Gasteiger partial charge in [-0.05, 0) is 23.6 Å². The van der Waals surface area contributed by atoms with Crippen molar-refractivity contribution >= 4 is 17.5 Å². The molecule has 1 saturated heterocycles. The minimum Gasteiger partial charge on any atom is -0.376 e. The van der Waals surface area contributed by atoms with Gasteiger partial charge in [-0.2, -0.15) is 0 Å². The highest BCUT2D eigenvalue weighted by Gasteiger charge is 2.22. The number of anilines is 2. The largest absolute Gasteiger partial charge is 0.376 e. The van der Waals surface area contributed by atoms with Crippen LogP contribution in [0.25, 0.3) is 0 Å². The first-order chi connectivity index (χ1) is 12.1. The number of carbonyl (C=O) groups excluding carboxylic acids is 1. The van der Waals surface area contributed by atoms with Crippen molar-refractivity contribution in [2.45, 2.75) is 19.8 Å². The Morgan fingerprint density at radius 3 is 2.44 bits per heavy atom. The molecule has 2 aromatic rings. The average molecular weight is 339 g/mol. The lowest BCUT2D eigenvalue weighted by atomic mass is 10.0. The van der Waals surface area contributed by atoms with Gasteiger partial charge >= 0.3 is 0 Å². The van der Waals surface area contributed by atoms with Gasteiger partial charge in [0.2, 0.25) is 11.9 Å². The van der Waals surface area contributed by atoms with E-state index >= 15 is 0 Å². The molecule has 6 nitrogen and oxygen atoms in total. The third-order valence-corrected chi connectivity index (χ3v) is 4.48. The van der Waals surface area contributed by atoms with E-state index in [1.807, 2.05) is 29.2 Å². The summed E-state index contributed by atoms with van der Waals surface area (Å²) < 4.78 is 0. The first-order valence-corrected chi connectivity index (χ1v) is 8.77. The van der Waals surface area contributed by atoms with Crippen LogP contribution in [0.2, 0.25) is 0 Å².